The second-order valence-corrected chi connectivity index (χ2v) is 5.39. The third-order valence-corrected chi connectivity index (χ3v) is 4.00. The molecule has 0 saturated heterocycles. The van der Waals surface area contributed by atoms with Crippen LogP contribution in [0.2, 0.25) is 0 Å². The van der Waals surface area contributed by atoms with Crippen LogP contribution in [0.3, 0.4) is 0 Å². The number of carbonyl (C=O) groups excluding carboxylic acids is 1. The third kappa shape index (κ3) is 2.15. The highest BCUT2D eigenvalue weighted by molar-refractivity contribution is 5.96. The second kappa shape index (κ2) is 5.45. The van der Waals surface area contributed by atoms with E-state index in [1.165, 1.54) is 28.6 Å². The van der Waals surface area contributed by atoms with E-state index < -0.39 is 5.97 Å². The van der Waals surface area contributed by atoms with E-state index in [0.717, 1.165) is 0 Å². The van der Waals surface area contributed by atoms with E-state index in [9.17, 15) is 9.59 Å². The first-order chi connectivity index (χ1) is 12.1. The normalized spacial score (nSPS) is 11.1. The Bertz CT molecular complexity index is 1190. The Hall–Kier alpha value is -3.68. The highest BCUT2D eigenvalue weighted by atomic mass is 16.5. The summed E-state index contributed by atoms with van der Waals surface area (Å²) in [5.74, 6) is -0.535. The van der Waals surface area contributed by atoms with Crippen molar-refractivity contribution in [2.24, 2.45) is 0 Å². The maximum absolute atomic E-state index is 12.9. The predicted octanol–water partition coefficient (Wildman–Crippen LogP) is 1.40. The van der Waals surface area contributed by atoms with Crippen molar-refractivity contribution in [3.05, 3.63) is 64.8 Å². The number of nitrogen functional groups attached to an aromatic ring is 1. The predicted molar refractivity (Wildman–Crippen MR) is 91.8 cm³/mol. The van der Waals surface area contributed by atoms with Crippen molar-refractivity contribution in [3.63, 3.8) is 0 Å². The summed E-state index contributed by atoms with van der Waals surface area (Å²) in [6, 6.07) is 8.82. The molecule has 0 spiro atoms. The topological polar surface area (TPSA) is 105 Å². The molecule has 124 valence electrons. The molecule has 8 heteroatoms. The molecule has 4 aromatic rings. The SMILES string of the molecule is COC(=O)c1cnn2c1ncc1c(=O)n(-c3ccccc3N)ccc12. The minimum Gasteiger partial charge on any atom is -0.465 e. The maximum Gasteiger partial charge on any atom is 0.343 e. The van der Waals surface area contributed by atoms with Gasteiger partial charge in [-0.2, -0.15) is 5.10 Å². The monoisotopic (exact) mass is 335 g/mol. The summed E-state index contributed by atoms with van der Waals surface area (Å²) in [5.41, 5.74) is 7.87. The number of aromatic nitrogens is 4. The van der Waals surface area contributed by atoms with Crippen molar-refractivity contribution >= 4 is 28.2 Å². The fourth-order valence-electron chi connectivity index (χ4n) is 2.77. The number of nitrogens with zero attached hydrogens (tertiary/aromatic N) is 4. The number of hydrogen-bond acceptors (Lipinski definition) is 6. The van der Waals surface area contributed by atoms with Gasteiger partial charge in [-0.1, -0.05) is 12.1 Å². The first-order valence-corrected chi connectivity index (χ1v) is 7.43. The number of anilines is 1. The van der Waals surface area contributed by atoms with Gasteiger partial charge < -0.3 is 10.5 Å². The number of para-hydroxylation sites is 2. The molecule has 0 saturated carbocycles. The number of pyridine rings is 1. The second-order valence-electron chi connectivity index (χ2n) is 5.39. The molecule has 0 aliphatic heterocycles. The van der Waals surface area contributed by atoms with Gasteiger partial charge in [0.15, 0.2) is 5.65 Å². The Kier molecular flexibility index (Phi) is 3.24. The number of esters is 1. The van der Waals surface area contributed by atoms with Crippen LogP contribution in [-0.4, -0.2) is 32.2 Å². The zero-order valence-corrected chi connectivity index (χ0v) is 13.2. The van der Waals surface area contributed by atoms with E-state index in [1.807, 2.05) is 0 Å². The van der Waals surface area contributed by atoms with Crippen molar-refractivity contribution < 1.29 is 9.53 Å². The van der Waals surface area contributed by atoms with E-state index in [2.05, 4.69) is 10.1 Å². The number of nitrogens with two attached hydrogens (primary N) is 1. The van der Waals surface area contributed by atoms with Crippen LogP contribution in [0.25, 0.3) is 22.2 Å². The number of hydrogen-bond donors (Lipinski definition) is 1. The Balaban J connectivity index is 2.01. The van der Waals surface area contributed by atoms with Crippen LogP contribution in [0.4, 0.5) is 5.69 Å². The summed E-state index contributed by atoms with van der Waals surface area (Å²) < 4.78 is 7.62. The zero-order valence-electron chi connectivity index (χ0n) is 13.2. The van der Waals surface area contributed by atoms with Crippen LogP contribution in [0.15, 0.2) is 53.7 Å². The number of benzene rings is 1. The molecule has 0 bridgehead atoms. The molecule has 25 heavy (non-hydrogen) atoms. The van der Waals surface area contributed by atoms with E-state index in [1.54, 1.807) is 36.5 Å². The largest absolute Gasteiger partial charge is 0.465 e. The fraction of sp³-hybridized carbons (Fsp3) is 0.0588. The molecule has 0 amide bonds. The van der Waals surface area contributed by atoms with Crippen LogP contribution in [0.5, 0.6) is 0 Å². The van der Waals surface area contributed by atoms with Gasteiger partial charge in [0.25, 0.3) is 5.56 Å². The number of carbonyl (C=O) groups is 1. The molecule has 3 heterocycles. The van der Waals surface area contributed by atoms with E-state index in [4.69, 9.17) is 10.5 Å². The third-order valence-electron chi connectivity index (χ3n) is 4.00. The Morgan fingerprint density at radius 2 is 2.00 bits per heavy atom. The van der Waals surface area contributed by atoms with Crippen molar-refractivity contribution in [3.8, 4) is 5.69 Å². The Morgan fingerprint density at radius 1 is 1.20 bits per heavy atom. The molecule has 0 radical (unpaired) electrons. The zero-order chi connectivity index (χ0) is 17.6. The minimum atomic E-state index is -0.535. The molecule has 8 nitrogen and oxygen atoms in total. The van der Waals surface area contributed by atoms with Crippen LogP contribution >= 0.6 is 0 Å². The quantitative estimate of drug-likeness (QED) is 0.438. The molecule has 0 fully saturated rings. The number of rotatable bonds is 2. The van der Waals surface area contributed by atoms with Gasteiger partial charge in [-0.15, -0.1) is 0 Å². The molecule has 0 atom stereocenters. The molecular formula is C17H13N5O3. The lowest BCUT2D eigenvalue weighted by atomic mass is 10.2. The lowest BCUT2D eigenvalue weighted by Gasteiger charge is -2.10. The summed E-state index contributed by atoms with van der Waals surface area (Å²) in [7, 11) is 1.29. The van der Waals surface area contributed by atoms with Gasteiger partial charge in [0.2, 0.25) is 0 Å². The van der Waals surface area contributed by atoms with Gasteiger partial charge in [-0.05, 0) is 18.2 Å². The summed E-state index contributed by atoms with van der Waals surface area (Å²) in [4.78, 5) is 28.8. The van der Waals surface area contributed by atoms with E-state index >= 15 is 0 Å². The molecule has 4 rings (SSSR count). The lowest BCUT2D eigenvalue weighted by Crippen LogP contribution is -2.19. The number of ether oxygens (including phenoxy) is 1. The summed E-state index contributed by atoms with van der Waals surface area (Å²) in [5, 5.41) is 4.52. The highest BCUT2D eigenvalue weighted by Crippen LogP contribution is 2.18. The van der Waals surface area contributed by atoms with Crippen LogP contribution in [-0.2, 0) is 4.74 Å². The van der Waals surface area contributed by atoms with Crippen molar-refractivity contribution in [1.82, 2.24) is 19.2 Å². The summed E-state index contributed by atoms with van der Waals surface area (Å²) >= 11 is 0. The molecule has 2 N–H and O–H groups in total. The molecule has 0 aliphatic rings. The van der Waals surface area contributed by atoms with Gasteiger partial charge in [0, 0.05) is 12.4 Å². The smallest absolute Gasteiger partial charge is 0.343 e. The highest BCUT2D eigenvalue weighted by Gasteiger charge is 2.17. The lowest BCUT2D eigenvalue weighted by molar-refractivity contribution is 0.0602. The number of fused-ring (bicyclic) bond motifs is 3. The molecule has 0 aliphatic carbocycles. The van der Waals surface area contributed by atoms with Gasteiger partial charge in [-0.3, -0.25) is 9.36 Å². The summed E-state index contributed by atoms with van der Waals surface area (Å²) in [6.07, 6.45) is 4.42. The Morgan fingerprint density at radius 3 is 2.76 bits per heavy atom. The van der Waals surface area contributed by atoms with Gasteiger partial charge in [-0.25, -0.2) is 14.3 Å². The molecule has 0 unspecified atom stereocenters. The minimum absolute atomic E-state index is 0.237. The van der Waals surface area contributed by atoms with E-state index in [0.29, 0.717) is 27.9 Å². The van der Waals surface area contributed by atoms with Gasteiger partial charge in [0.1, 0.15) is 5.56 Å². The van der Waals surface area contributed by atoms with Crippen LogP contribution in [0.1, 0.15) is 10.4 Å². The van der Waals surface area contributed by atoms with Gasteiger partial charge in [0.05, 0.1) is 35.6 Å². The van der Waals surface area contributed by atoms with Crippen molar-refractivity contribution in [2.45, 2.75) is 0 Å². The Labute approximate surface area is 141 Å². The molecular weight excluding hydrogens is 322 g/mol. The van der Waals surface area contributed by atoms with Crippen molar-refractivity contribution in [2.75, 3.05) is 12.8 Å². The average molecular weight is 335 g/mol. The van der Waals surface area contributed by atoms with E-state index in [-0.39, 0.29) is 11.1 Å². The fourth-order valence-corrected chi connectivity index (χ4v) is 2.77. The van der Waals surface area contributed by atoms with Crippen LogP contribution < -0.4 is 11.3 Å². The first-order valence-electron chi connectivity index (χ1n) is 7.43. The maximum atomic E-state index is 12.9. The molecule has 1 aromatic carbocycles. The standard InChI is InChI=1S/C17H13N5O3/c1-25-17(24)11-9-20-22-13-6-7-21(14-5-3-2-4-12(14)18)16(23)10(13)8-19-15(11)22/h2-9H,18H2,1H3. The van der Waals surface area contributed by atoms with Gasteiger partial charge >= 0.3 is 5.97 Å². The van der Waals surface area contributed by atoms with Crippen molar-refractivity contribution in [1.29, 1.82) is 0 Å². The summed E-state index contributed by atoms with van der Waals surface area (Å²) in [6.45, 7) is 0. The average Bonchev–Trinajstić information content (AvgIpc) is 3.07. The van der Waals surface area contributed by atoms with Crippen LogP contribution in [0, 0.1) is 0 Å². The number of methoxy groups -OCH3 is 1. The molecule has 3 aromatic heterocycles. The first kappa shape index (κ1) is 14.9.